The van der Waals surface area contributed by atoms with E-state index in [4.69, 9.17) is 10.5 Å². The molecule has 1 aliphatic carbocycles. The van der Waals surface area contributed by atoms with Crippen molar-refractivity contribution >= 4 is 11.6 Å². The summed E-state index contributed by atoms with van der Waals surface area (Å²) in [6.07, 6.45) is 0. The molecule has 0 radical (unpaired) electrons. The number of hydrogen-bond acceptors (Lipinski definition) is 5. The lowest BCUT2D eigenvalue weighted by molar-refractivity contribution is 0.178. The minimum atomic E-state index is 0.369. The van der Waals surface area contributed by atoms with E-state index in [1.807, 2.05) is 0 Å². The zero-order valence-electron chi connectivity index (χ0n) is 12.4. The van der Waals surface area contributed by atoms with Gasteiger partial charge in [-0.3, -0.25) is 0 Å². The second kappa shape index (κ2) is 4.63. The van der Waals surface area contributed by atoms with Crippen molar-refractivity contribution in [2.75, 3.05) is 24.7 Å². The van der Waals surface area contributed by atoms with E-state index in [1.165, 1.54) is 0 Å². The molecule has 1 aromatic heterocycles. The second-order valence-electron chi connectivity index (χ2n) is 6.40. The monoisotopic (exact) mass is 264 g/mol. The zero-order valence-corrected chi connectivity index (χ0v) is 12.4. The molecule has 2 rings (SSSR count). The molecule has 0 aliphatic heterocycles. The number of rotatable bonds is 5. The van der Waals surface area contributed by atoms with Gasteiger partial charge < -0.3 is 15.8 Å². The predicted octanol–water partition coefficient (Wildman–Crippen LogP) is 2.30. The highest BCUT2D eigenvalue weighted by Crippen LogP contribution is 2.68. The van der Waals surface area contributed by atoms with E-state index in [-0.39, 0.29) is 0 Å². The van der Waals surface area contributed by atoms with Crippen molar-refractivity contribution in [1.82, 2.24) is 9.97 Å². The van der Waals surface area contributed by atoms with Crippen molar-refractivity contribution < 1.29 is 4.74 Å². The normalized spacial score (nSPS) is 20.3. The van der Waals surface area contributed by atoms with Gasteiger partial charge in [-0.1, -0.05) is 27.7 Å². The van der Waals surface area contributed by atoms with Crippen LogP contribution in [0.3, 0.4) is 0 Å². The van der Waals surface area contributed by atoms with Crippen molar-refractivity contribution in [3.05, 3.63) is 11.9 Å². The van der Waals surface area contributed by atoms with E-state index in [2.05, 4.69) is 43.0 Å². The molecule has 5 heteroatoms. The third-order valence-corrected chi connectivity index (χ3v) is 4.87. The van der Waals surface area contributed by atoms with E-state index in [0.717, 1.165) is 12.4 Å². The number of aromatic nitrogens is 2. The first-order chi connectivity index (χ1) is 8.79. The molecule has 1 aliphatic rings. The number of nitrogens with two attached hydrogens (primary N) is 1. The number of anilines is 2. The van der Waals surface area contributed by atoms with Gasteiger partial charge in [-0.05, 0) is 16.7 Å². The molecule has 0 spiro atoms. The summed E-state index contributed by atoms with van der Waals surface area (Å²) in [5.74, 6) is 2.50. The molecule has 106 valence electrons. The second-order valence-corrected chi connectivity index (χ2v) is 6.40. The number of nitrogens with zero attached hydrogens (tertiary/aromatic N) is 2. The van der Waals surface area contributed by atoms with Gasteiger partial charge in [0.1, 0.15) is 18.2 Å². The molecule has 5 nitrogen and oxygen atoms in total. The Morgan fingerprint density at radius 2 is 1.89 bits per heavy atom. The molecule has 1 aromatic rings. The van der Waals surface area contributed by atoms with Crippen LogP contribution in [0.2, 0.25) is 0 Å². The van der Waals surface area contributed by atoms with Crippen LogP contribution in [0, 0.1) is 16.7 Å². The molecule has 19 heavy (non-hydrogen) atoms. The van der Waals surface area contributed by atoms with E-state index >= 15 is 0 Å². The first-order valence-corrected chi connectivity index (χ1v) is 6.65. The Labute approximate surface area is 115 Å². The van der Waals surface area contributed by atoms with Gasteiger partial charge in [0.25, 0.3) is 0 Å². The predicted molar refractivity (Wildman–Crippen MR) is 76.7 cm³/mol. The number of ether oxygens (including phenoxy) is 1. The molecule has 3 N–H and O–H groups in total. The van der Waals surface area contributed by atoms with E-state index in [9.17, 15) is 0 Å². The average molecular weight is 264 g/mol. The maximum atomic E-state index is 5.77. The topological polar surface area (TPSA) is 73.1 Å². The number of nitrogens with one attached hydrogen (secondary N) is 1. The minimum absolute atomic E-state index is 0.369. The summed E-state index contributed by atoms with van der Waals surface area (Å²) < 4.78 is 5.03. The Kier molecular flexibility index (Phi) is 3.43. The smallest absolute Gasteiger partial charge is 0.158 e. The summed E-state index contributed by atoms with van der Waals surface area (Å²) >= 11 is 0. The maximum Gasteiger partial charge on any atom is 0.158 e. The van der Waals surface area contributed by atoms with Crippen molar-refractivity contribution in [2.45, 2.75) is 34.3 Å². The van der Waals surface area contributed by atoms with Crippen LogP contribution in [-0.2, 0) is 11.3 Å². The lowest BCUT2D eigenvalue weighted by Crippen LogP contribution is -2.11. The highest BCUT2D eigenvalue weighted by molar-refractivity contribution is 5.45. The Balaban J connectivity index is 2.01. The Morgan fingerprint density at radius 1 is 1.26 bits per heavy atom. The standard InChI is InChI=1S/C14H24N4O/c1-13(2)9(14(13,3)4)7-16-11-6-10(15)17-12(18-11)8-19-5/h6,9H,7-8H2,1-5H3,(H3,15,16,17,18). The lowest BCUT2D eigenvalue weighted by Gasteiger charge is -2.09. The largest absolute Gasteiger partial charge is 0.384 e. The van der Waals surface area contributed by atoms with Crippen molar-refractivity contribution in [2.24, 2.45) is 16.7 Å². The van der Waals surface area contributed by atoms with E-state index in [1.54, 1.807) is 13.2 Å². The first-order valence-electron chi connectivity index (χ1n) is 6.65. The van der Waals surface area contributed by atoms with Gasteiger partial charge in [-0.2, -0.15) is 0 Å². The molecule has 0 amide bonds. The van der Waals surface area contributed by atoms with Gasteiger partial charge in [-0.15, -0.1) is 0 Å². The Morgan fingerprint density at radius 3 is 2.42 bits per heavy atom. The quantitative estimate of drug-likeness (QED) is 0.853. The summed E-state index contributed by atoms with van der Waals surface area (Å²) in [6.45, 7) is 10.5. The van der Waals surface area contributed by atoms with Crippen molar-refractivity contribution in [1.29, 1.82) is 0 Å². The van der Waals surface area contributed by atoms with Crippen LogP contribution in [0.5, 0.6) is 0 Å². The van der Waals surface area contributed by atoms with Gasteiger partial charge >= 0.3 is 0 Å². The fourth-order valence-corrected chi connectivity index (χ4v) is 2.85. The summed E-state index contributed by atoms with van der Waals surface area (Å²) in [4.78, 5) is 8.52. The van der Waals surface area contributed by atoms with Crippen LogP contribution in [0.4, 0.5) is 11.6 Å². The molecule has 1 saturated carbocycles. The summed E-state index contributed by atoms with van der Waals surface area (Å²) in [5.41, 5.74) is 6.51. The summed E-state index contributed by atoms with van der Waals surface area (Å²) in [5, 5.41) is 3.37. The zero-order chi connectivity index (χ0) is 14.3. The Hall–Kier alpha value is -1.36. The van der Waals surface area contributed by atoms with Crippen LogP contribution in [-0.4, -0.2) is 23.6 Å². The molecule has 0 bridgehead atoms. The Bertz CT molecular complexity index is 457. The number of hydrogen-bond donors (Lipinski definition) is 2. The third kappa shape index (κ3) is 2.52. The highest BCUT2D eigenvalue weighted by Gasteiger charge is 2.64. The highest BCUT2D eigenvalue weighted by atomic mass is 16.5. The fourth-order valence-electron chi connectivity index (χ4n) is 2.85. The molecule has 0 unspecified atom stereocenters. The van der Waals surface area contributed by atoms with Gasteiger partial charge in [0.05, 0.1) is 0 Å². The first kappa shape index (κ1) is 14.1. The van der Waals surface area contributed by atoms with Gasteiger partial charge in [0, 0.05) is 19.7 Å². The molecule has 0 aromatic carbocycles. The van der Waals surface area contributed by atoms with Crippen LogP contribution >= 0.6 is 0 Å². The van der Waals surface area contributed by atoms with Crippen LogP contribution in [0.25, 0.3) is 0 Å². The van der Waals surface area contributed by atoms with Gasteiger partial charge in [0.2, 0.25) is 0 Å². The average Bonchev–Trinajstić information content (AvgIpc) is 2.66. The van der Waals surface area contributed by atoms with Crippen molar-refractivity contribution in [3.63, 3.8) is 0 Å². The lowest BCUT2D eigenvalue weighted by atomic mass is 10.0. The molecule has 0 atom stereocenters. The van der Waals surface area contributed by atoms with Crippen molar-refractivity contribution in [3.8, 4) is 0 Å². The molecule has 0 saturated heterocycles. The molecular formula is C14H24N4O. The van der Waals surface area contributed by atoms with E-state index < -0.39 is 0 Å². The number of nitrogen functional groups attached to an aromatic ring is 1. The SMILES string of the molecule is COCc1nc(N)cc(NCC2C(C)(C)C2(C)C)n1. The summed E-state index contributed by atoms with van der Waals surface area (Å²) in [6, 6.07) is 1.77. The van der Waals surface area contributed by atoms with Crippen LogP contribution in [0.15, 0.2) is 6.07 Å². The van der Waals surface area contributed by atoms with Gasteiger partial charge in [-0.25, -0.2) is 9.97 Å². The van der Waals surface area contributed by atoms with Crippen LogP contribution < -0.4 is 11.1 Å². The maximum absolute atomic E-state index is 5.77. The molecular weight excluding hydrogens is 240 g/mol. The number of methoxy groups -OCH3 is 1. The summed E-state index contributed by atoms with van der Waals surface area (Å²) in [7, 11) is 1.62. The molecule has 1 heterocycles. The van der Waals surface area contributed by atoms with Gasteiger partial charge in [0.15, 0.2) is 5.82 Å². The van der Waals surface area contributed by atoms with E-state index in [0.29, 0.717) is 35.0 Å². The fraction of sp³-hybridized carbons (Fsp3) is 0.714. The minimum Gasteiger partial charge on any atom is -0.384 e. The molecule has 1 fully saturated rings. The third-order valence-electron chi connectivity index (χ3n) is 4.87. The van der Waals surface area contributed by atoms with Crippen LogP contribution in [0.1, 0.15) is 33.5 Å².